The number of hydrogen-bond donors (Lipinski definition) is 1. The molecule has 0 radical (unpaired) electrons. The number of hydrogen-bond acceptors (Lipinski definition) is 4. The van der Waals surface area contributed by atoms with Crippen molar-refractivity contribution >= 4 is 33.2 Å². The number of rotatable bonds is 4. The van der Waals surface area contributed by atoms with Crippen molar-refractivity contribution in [1.82, 2.24) is 9.78 Å². The first kappa shape index (κ1) is 20.3. The van der Waals surface area contributed by atoms with Gasteiger partial charge in [-0.2, -0.15) is 18.3 Å². The SMILES string of the molecule is O=[N+]([O-])c1ccc(Br)cc1C(O)c1cnn(-c2ccc(Cl)c(C(F)(F)F)c2)c1. The van der Waals surface area contributed by atoms with Gasteiger partial charge in [0.05, 0.1) is 33.0 Å². The molecule has 0 aliphatic heterocycles. The number of halogens is 5. The van der Waals surface area contributed by atoms with E-state index in [4.69, 9.17) is 11.6 Å². The van der Waals surface area contributed by atoms with E-state index in [1.165, 1.54) is 36.7 Å². The summed E-state index contributed by atoms with van der Waals surface area (Å²) in [6, 6.07) is 7.35. The lowest BCUT2D eigenvalue weighted by Gasteiger charge is -2.11. The van der Waals surface area contributed by atoms with Crippen LogP contribution in [0.25, 0.3) is 5.69 Å². The molecule has 6 nitrogen and oxygen atoms in total. The normalized spacial score (nSPS) is 12.8. The predicted octanol–water partition coefficient (Wildman–Crippen LogP) is 5.30. The van der Waals surface area contributed by atoms with E-state index < -0.39 is 27.8 Å². The zero-order valence-electron chi connectivity index (χ0n) is 13.7. The average molecular weight is 477 g/mol. The van der Waals surface area contributed by atoms with Gasteiger partial charge >= 0.3 is 6.18 Å². The summed E-state index contributed by atoms with van der Waals surface area (Å²) in [5, 5.41) is 25.2. The molecular weight excluding hydrogens is 467 g/mol. The van der Waals surface area contributed by atoms with E-state index in [1.807, 2.05) is 0 Å². The highest BCUT2D eigenvalue weighted by molar-refractivity contribution is 9.10. The molecule has 1 aromatic heterocycles. The van der Waals surface area contributed by atoms with E-state index in [0.29, 0.717) is 4.47 Å². The first-order chi connectivity index (χ1) is 13.1. The quantitative estimate of drug-likeness (QED) is 0.409. The first-order valence-corrected chi connectivity index (χ1v) is 8.78. The fraction of sp³-hybridized carbons (Fsp3) is 0.118. The summed E-state index contributed by atoms with van der Waals surface area (Å²) < 4.78 is 40.7. The molecule has 0 spiro atoms. The molecule has 3 rings (SSSR count). The van der Waals surface area contributed by atoms with Crippen LogP contribution in [-0.2, 0) is 6.18 Å². The third-order valence-corrected chi connectivity index (χ3v) is 4.74. The fourth-order valence-corrected chi connectivity index (χ4v) is 3.19. The van der Waals surface area contributed by atoms with Gasteiger partial charge in [0.2, 0.25) is 0 Å². The minimum Gasteiger partial charge on any atom is -0.383 e. The van der Waals surface area contributed by atoms with Crippen LogP contribution in [0.5, 0.6) is 0 Å². The number of aromatic nitrogens is 2. The van der Waals surface area contributed by atoms with Crippen molar-refractivity contribution in [3.05, 3.63) is 85.1 Å². The number of nitro groups is 1. The summed E-state index contributed by atoms with van der Waals surface area (Å²) in [5.41, 5.74) is -1.06. The van der Waals surface area contributed by atoms with Crippen LogP contribution in [0.3, 0.4) is 0 Å². The number of aliphatic hydroxyl groups excluding tert-OH is 1. The van der Waals surface area contributed by atoms with E-state index >= 15 is 0 Å². The summed E-state index contributed by atoms with van der Waals surface area (Å²) in [6.45, 7) is 0. The number of benzene rings is 2. The van der Waals surface area contributed by atoms with Crippen molar-refractivity contribution in [2.45, 2.75) is 12.3 Å². The number of alkyl halides is 3. The highest BCUT2D eigenvalue weighted by atomic mass is 79.9. The third kappa shape index (κ3) is 4.03. The topological polar surface area (TPSA) is 81.2 Å². The second-order valence-electron chi connectivity index (χ2n) is 5.74. The molecule has 0 fully saturated rings. The summed E-state index contributed by atoms with van der Waals surface area (Å²) in [4.78, 5) is 10.6. The van der Waals surface area contributed by atoms with Crippen molar-refractivity contribution < 1.29 is 23.2 Å². The predicted molar refractivity (Wildman–Crippen MR) is 98.4 cm³/mol. The number of nitrogens with zero attached hydrogens (tertiary/aromatic N) is 3. The summed E-state index contributed by atoms with van der Waals surface area (Å²) in [7, 11) is 0. The van der Waals surface area contributed by atoms with Gasteiger partial charge in [0.15, 0.2) is 0 Å². The molecule has 0 aliphatic rings. The van der Waals surface area contributed by atoms with Gasteiger partial charge in [-0.15, -0.1) is 0 Å². The van der Waals surface area contributed by atoms with Crippen LogP contribution in [0.4, 0.5) is 18.9 Å². The molecule has 1 heterocycles. The number of aliphatic hydroxyl groups is 1. The van der Waals surface area contributed by atoms with Crippen LogP contribution in [0.15, 0.2) is 53.3 Å². The standard InChI is InChI=1S/C17H10BrClF3N3O3/c18-10-1-4-15(25(27)28)12(5-10)16(26)9-7-23-24(8-9)11-2-3-14(19)13(6-11)17(20,21)22/h1-8,16,26H. The lowest BCUT2D eigenvalue weighted by molar-refractivity contribution is -0.386. The van der Waals surface area contributed by atoms with Gasteiger partial charge in [-0.05, 0) is 30.3 Å². The lowest BCUT2D eigenvalue weighted by atomic mass is 10.0. The molecule has 0 amide bonds. The van der Waals surface area contributed by atoms with E-state index in [1.54, 1.807) is 0 Å². The maximum atomic E-state index is 13.0. The second-order valence-corrected chi connectivity index (χ2v) is 7.07. The van der Waals surface area contributed by atoms with Crippen molar-refractivity contribution in [1.29, 1.82) is 0 Å². The van der Waals surface area contributed by atoms with E-state index in [0.717, 1.165) is 16.8 Å². The van der Waals surface area contributed by atoms with Crippen molar-refractivity contribution in [2.24, 2.45) is 0 Å². The molecule has 11 heteroatoms. The van der Waals surface area contributed by atoms with Crippen LogP contribution < -0.4 is 0 Å². The highest BCUT2D eigenvalue weighted by Gasteiger charge is 2.33. The minimum atomic E-state index is -4.64. The molecule has 28 heavy (non-hydrogen) atoms. The second kappa shape index (κ2) is 7.53. The van der Waals surface area contributed by atoms with Gasteiger partial charge in [0.1, 0.15) is 6.10 Å². The van der Waals surface area contributed by atoms with Gasteiger partial charge in [0.25, 0.3) is 5.69 Å². The average Bonchev–Trinajstić information content (AvgIpc) is 3.10. The maximum Gasteiger partial charge on any atom is 0.417 e. The van der Waals surface area contributed by atoms with E-state index in [9.17, 15) is 28.4 Å². The molecule has 1 atom stereocenters. The molecule has 1 unspecified atom stereocenters. The van der Waals surface area contributed by atoms with Gasteiger partial charge in [-0.25, -0.2) is 4.68 Å². The Balaban J connectivity index is 2.00. The molecule has 146 valence electrons. The molecule has 0 saturated heterocycles. The molecule has 0 saturated carbocycles. The van der Waals surface area contributed by atoms with Gasteiger partial charge in [-0.1, -0.05) is 27.5 Å². The van der Waals surface area contributed by atoms with Crippen LogP contribution >= 0.6 is 27.5 Å². The van der Waals surface area contributed by atoms with Crippen LogP contribution in [0, 0.1) is 10.1 Å². The van der Waals surface area contributed by atoms with E-state index in [2.05, 4.69) is 21.0 Å². The Hall–Kier alpha value is -2.43. The Morgan fingerprint density at radius 1 is 1.25 bits per heavy atom. The fourth-order valence-electron chi connectivity index (χ4n) is 2.58. The van der Waals surface area contributed by atoms with Crippen LogP contribution in [-0.4, -0.2) is 19.8 Å². The van der Waals surface area contributed by atoms with Gasteiger partial charge < -0.3 is 5.11 Å². The summed E-state index contributed by atoms with van der Waals surface area (Å²) >= 11 is 8.80. The molecule has 2 aromatic carbocycles. The van der Waals surface area contributed by atoms with Crippen molar-refractivity contribution in [3.63, 3.8) is 0 Å². The van der Waals surface area contributed by atoms with E-state index in [-0.39, 0.29) is 22.5 Å². The molecule has 0 aliphatic carbocycles. The Morgan fingerprint density at radius 3 is 2.61 bits per heavy atom. The lowest BCUT2D eigenvalue weighted by Crippen LogP contribution is -2.07. The van der Waals surface area contributed by atoms with Gasteiger partial charge in [-0.3, -0.25) is 10.1 Å². The molecule has 3 aromatic rings. The largest absolute Gasteiger partial charge is 0.417 e. The van der Waals surface area contributed by atoms with Crippen LogP contribution in [0.2, 0.25) is 5.02 Å². The Morgan fingerprint density at radius 2 is 1.96 bits per heavy atom. The minimum absolute atomic E-state index is 0.0195. The van der Waals surface area contributed by atoms with Crippen molar-refractivity contribution in [3.8, 4) is 5.69 Å². The first-order valence-electron chi connectivity index (χ1n) is 7.61. The highest BCUT2D eigenvalue weighted by Crippen LogP contribution is 2.36. The zero-order valence-corrected chi connectivity index (χ0v) is 16.0. The molecule has 0 bridgehead atoms. The molecule has 1 N–H and O–H groups in total. The smallest absolute Gasteiger partial charge is 0.383 e. The van der Waals surface area contributed by atoms with Crippen molar-refractivity contribution in [2.75, 3.05) is 0 Å². The summed E-state index contributed by atoms with van der Waals surface area (Å²) in [5.74, 6) is 0. The maximum absolute atomic E-state index is 13.0. The van der Waals surface area contributed by atoms with Gasteiger partial charge in [0, 0.05) is 22.3 Å². The van der Waals surface area contributed by atoms with Crippen LogP contribution in [0.1, 0.15) is 22.8 Å². The Labute approximate surface area is 169 Å². The zero-order chi connectivity index (χ0) is 20.6. The Bertz CT molecular complexity index is 1060. The summed E-state index contributed by atoms with van der Waals surface area (Å²) in [6.07, 6.45) is -3.53. The monoisotopic (exact) mass is 475 g/mol. The molecular formula is C17H10BrClF3N3O3. The Kier molecular flexibility index (Phi) is 5.46. The third-order valence-electron chi connectivity index (χ3n) is 3.92. The number of nitro benzene ring substituents is 1.